The standard InChI is InChI=1S/C26H30N2O10/c1-8-11-6-7-12(9(2)29)19(31)14(11)20(32)15-13(8)22(38-10(3)30)17-18(28(4)5)21(33)16(25(27)36)24(35)26(17,37)23(15)34/h6-8,10,13,17-18,22,30-31,33-34,37H,1-5H3,(H2,27,36)/t8?,10?,13-,17-,18?,22+,26+/m1/s1. The maximum atomic E-state index is 13.9. The van der Waals surface area contributed by atoms with E-state index in [1.165, 1.54) is 45.0 Å². The Balaban J connectivity index is 2.11. The molecule has 12 nitrogen and oxygen atoms in total. The summed E-state index contributed by atoms with van der Waals surface area (Å²) in [4.78, 5) is 53.0. The molecule has 3 aliphatic rings. The Hall–Kier alpha value is -3.58. The lowest BCUT2D eigenvalue weighted by molar-refractivity contribution is -0.205. The average Bonchev–Trinajstić information content (AvgIpc) is 2.80. The molecule has 4 rings (SSSR count). The molecule has 12 heteroatoms. The number of primary amides is 1. The van der Waals surface area contributed by atoms with E-state index in [9.17, 15) is 44.7 Å². The van der Waals surface area contributed by atoms with E-state index in [0.29, 0.717) is 5.56 Å². The van der Waals surface area contributed by atoms with Crippen LogP contribution in [-0.2, 0) is 14.3 Å². The summed E-state index contributed by atoms with van der Waals surface area (Å²) >= 11 is 0. The van der Waals surface area contributed by atoms with Crippen LogP contribution < -0.4 is 5.73 Å². The van der Waals surface area contributed by atoms with Crippen molar-refractivity contribution in [3.63, 3.8) is 0 Å². The Morgan fingerprint density at radius 1 is 1.16 bits per heavy atom. The highest BCUT2D eigenvalue weighted by Gasteiger charge is 2.68. The molecule has 0 aliphatic heterocycles. The van der Waals surface area contributed by atoms with Crippen molar-refractivity contribution in [1.82, 2.24) is 4.90 Å². The highest BCUT2D eigenvalue weighted by molar-refractivity contribution is 6.25. The molecule has 7 atom stereocenters. The molecular formula is C26H30N2O10. The predicted octanol–water partition coefficient (Wildman–Crippen LogP) is 0.218. The number of aliphatic hydroxyl groups is 4. The van der Waals surface area contributed by atoms with Crippen LogP contribution in [0.15, 0.2) is 34.8 Å². The molecule has 38 heavy (non-hydrogen) atoms. The van der Waals surface area contributed by atoms with E-state index in [1.54, 1.807) is 6.92 Å². The summed E-state index contributed by atoms with van der Waals surface area (Å²) in [6, 6.07) is 1.53. The van der Waals surface area contributed by atoms with Crippen molar-refractivity contribution < 1.29 is 49.4 Å². The van der Waals surface area contributed by atoms with Crippen molar-refractivity contribution in [2.24, 2.45) is 17.6 Å². The maximum absolute atomic E-state index is 13.9. The molecule has 0 radical (unpaired) electrons. The second kappa shape index (κ2) is 9.02. The van der Waals surface area contributed by atoms with Crippen molar-refractivity contribution in [2.45, 2.75) is 50.7 Å². The second-order valence-electron chi connectivity index (χ2n) is 10.2. The van der Waals surface area contributed by atoms with Crippen molar-refractivity contribution in [3.05, 3.63) is 51.5 Å². The van der Waals surface area contributed by atoms with Crippen LogP contribution in [0.3, 0.4) is 0 Å². The minimum atomic E-state index is -2.97. The molecule has 7 N–H and O–H groups in total. The Bertz CT molecular complexity index is 1340. The van der Waals surface area contributed by atoms with Gasteiger partial charge in [0.1, 0.15) is 22.8 Å². The van der Waals surface area contributed by atoms with Gasteiger partial charge in [-0.2, -0.15) is 0 Å². The third kappa shape index (κ3) is 3.52. The van der Waals surface area contributed by atoms with Gasteiger partial charge in [-0.05, 0) is 45.5 Å². The fourth-order valence-corrected chi connectivity index (χ4v) is 6.27. The van der Waals surface area contributed by atoms with Crippen LogP contribution in [-0.4, -0.2) is 91.8 Å². The monoisotopic (exact) mass is 530 g/mol. The molecule has 0 fully saturated rings. The van der Waals surface area contributed by atoms with Crippen LogP contribution in [0.1, 0.15) is 53.0 Å². The van der Waals surface area contributed by atoms with Gasteiger partial charge in [0.05, 0.1) is 29.2 Å². The van der Waals surface area contributed by atoms with Crippen molar-refractivity contribution >= 4 is 23.3 Å². The molecule has 1 aromatic rings. The quantitative estimate of drug-likeness (QED) is 0.172. The third-order valence-corrected chi connectivity index (χ3v) is 7.84. The summed E-state index contributed by atoms with van der Waals surface area (Å²) in [5, 5.41) is 55.4. The lowest BCUT2D eigenvalue weighted by Crippen LogP contribution is -2.69. The predicted molar refractivity (Wildman–Crippen MR) is 130 cm³/mol. The smallest absolute Gasteiger partial charge is 0.255 e. The first-order valence-electron chi connectivity index (χ1n) is 11.9. The zero-order chi connectivity index (χ0) is 28.6. The molecule has 0 aromatic heterocycles. The Morgan fingerprint density at radius 3 is 2.26 bits per heavy atom. The first-order chi connectivity index (χ1) is 17.6. The van der Waals surface area contributed by atoms with E-state index < -0.39 is 93.5 Å². The number of phenolic OH excluding ortho intramolecular Hbond substituents is 1. The topological polar surface area (TPSA) is 208 Å². The summed E-state index contributed by atoms with van der Waals surface area (Å²) in [6.07, 6.45) is -2.86. The fraction of sp³-hybridized carbons (Fsp3) is 0.462. The zero-order valence-corrected chi connectivity index (χ0v) is 21.4. The van der Waals surface area contributed by atoms with Crippen LogP contribution in [0.5, 0.6) is 5.75 Å². The summed E-state index contributed by atoms with van der Waals surface area (Å²) in [5.74, 6) is -10.1. The number of amides is 1. The van der Waals surface area contributed by atoms with E-state index >= 15 is 0 Å². The number of likely N-dealkylation sites (N-methyl/N-ethyl adjacent to an activating group) is 1. The maximum Gasteiger partial charge on any atom is 0.255 e. The van der Waals surface area contributed by atoms with Gasteiger partial charge in [-0.1, -0.05) is 13.0 Å². The Morgan fingerprint density at radius 2 is 1.76 bits per heavy atom. The number of ketones is 3. The molecule has 3 unspecified atom stereocenters. The van der Waals surface area contributed by atoms with Gasteiger partial charge in [-0.25, -0.2) is 0 Å². The van der Waals surface area contributed by atoms with Crippen molar-refractivity contribution in [1.29, 1.82) is 0 Å². The SMILES string of the molecule is CC(=O)c1ccc2c(c1O)C(=O)C1=C(O)[C@]3(O)C(=O)C(C(N)=O)=C(O)C(N(C)C)[C@@H]3[C@@H](OC(C)O)[C@@H]1C2C. The normalized spacial score (nSPS) is 31.6. The molecule has 204 valence electrons. The van der Waals surface area contributed by atoms with Crippen LogP contribution in [0, 0.1) is 11.8 Å². The van der Waals surface area contributed by atoms with Crippen molar-refractivity contribution in [3.8, 4) is 5.75 Å². The molecule has 0 saturated carbocycles. The van der Waals surface area contributed by atoms with Gasteiger partial charge < -0.3 is 36.0 Å². The molecule has 0 heterocycles. The van der Waals surface area contributed by atoms with E-state index in [2.05, 4.69) is 0 Å². The summed E-state index contributed by atoms with van der Waals surface area (Å²) < 4.78 is 5.80. The number of rotatable bonds is 5. The number of nitrogens with zero attached hydrogens (tertiary/aromatic N) is 1. The average molecular weight is 531 g/mol. The first-order valence-corrected chi connectivity index (χ1v) is 11.9. The molecule has 3 aliphatic carbocycles. The van der Waals surface area contributed by atoms with Gasteiger partial charge in [0, 0.05) is 11.5 Å². The molecule has 0 bridgehead atoms. The number of nitrogens with two attached hydrogens (primary N) is 1. The lowest BCUT2D eigenvalue weighted by atomic mass is 9.55. The highest BCUT2D eigenvalue weighted by atomic mass is 16.6. The number of carbonyl (C=O) groups is 4. The minimum absolute atomic E-state index is 0.141. The number of aromatic hydroxyl groups is 1. The molecule has 0 saturated heterocycles. The number of carbonyl (C=O) groups excluding carboxylic acids is 4. The van der Waals surface area contributed by atoms with Gasteiger partial charge in [0.2, 0.25) is 5.78 Å². The van der Waals surface area contributed by atoms with Gasteiger partial charge in [0.25, 0.3) is 5.91 Å². The van der Waals surface area contributed by atoms with E-state index in [0.717, 1.165) is 0 Å². The van der Waals surface area contributed by atoms with Crippen LogP contribution in [0.2, 0.25) is 0 Å². The number of fused-ring (bicyclic) bond motifs is 3. The van der Waals surface area contributed by atoms with Gasteiger partial charge in [-0.3, -0.25) is 24.1 Å². The number of ether oxygens (including phenoxy) is 1. The van der Waals surface area contributed by atoms with Gasteiger partial charge in [-0.15, -0.1) is 0 Å². The molecule has 1 aromatic carbocycles. The highest BCUT2D eigenvalue weighted by Crippen LogP contribution is 2.56. The molecule has 1 amide bonds. The Kier molecular flexibility index (Phi) is 6.51. The number of hydrogen-bond donors (Lipinski definition) is 6. The number of benzene rings is 1. The third-order valence-electron chi connectivity index (χ3n) is 7.84. The van der Waals surface area contributed by atoms with E-state index in [1.807, 2.05) is 0 Å². The first kappa shape index (κ1) is 27.5. The van der Waals surface area contributed by atoms with E-state index in [-0.39, 0.29) is 11.1 Å². The number of Topliss-reactive ketones (excluding diaryl/α,β-unsaturated/α-hetero) is 3. The second-order valence-corrected chi connectivity index (χ2v) is 10.2. The van der Waals surface area contributed by atoms with Crippen molar-refractivity contribution in [2.75, 3.05) is 14.1 Å². The fourth-order valence-electron chi connectivity index (χ4n) is 6.27. The van der Waals surface area contributed by atoms with Gasteiger partial charge in [0.15, 0.2) is 23.5 Å². The number of hydrogen-bond acceptors (Lipinski definition) is 11. The number of phenols is 1. The Labute approximate surface area is 217 Å². The zero-order valence-electron chi connectivity index (χ0n) is 21.4. The molecule has 0 spiro atoms. The van der Waals surface area contributed by atoms with E-state index in [4.69, 9.17) is 10.5 Å². The van der Waals surface area contributed by atoms with Crippen LogP contribution >= 0.6 is 0 Å². The van der Waals surface area contributed by atoms with Gasteiger partial charge >= 0.3 is 0 Å². The summed E-state index contributed by atoms with van der Waals surface area (Å²) in [5.41, 5.74) is 0.816. The summed E-state index contributed by atoms with van der Waals surface area (Å²) in [7, 11) is 2.97. The van der Waals surface area contributed by atoms with Crippen LogP contribution in [0.25, 0.3) is 0 Å². The largest absolute Gasteiger partial charge is 0.510 e. The summed E-state index contributed by atoms with van der Waals surface area (Å²) in [6.45, 7) is 4.12. The minimum Gasteiger partial charge on any atom is -0.510 e. The lowest BCUT2D eigenvalue weighted by Gasteiger charge is -2.54. The van der Waals surface area contributed by atoms with Crippen LogP contribution in [0.4, 0.5) is 0 Å². The molecular weight excluding hydrogens is 500 g/mol. The number of aliphatic hydroxyl groups excluding tert-OH is 3.